The first-order valence-electron chi connectivity index (χ1n) is 5.14. The molecule has 0 N–H and O–H groups in total. The molecular weight excluding hydrogens is 278 g/mol. The summed E-state index contributed by atoms with van der Waals surface area (Å²) in [6, 6.07) is 15.2. The van der Waals surface area contributed by atoms with E-state index in [0.717, 1.165) is 10.0 Å². The van der Waals surface area contributed by atoms with Gasteiger partial charge >= 0.3 is 0 Å². The van der Waals surface area contributed by atoms with Crippen molar-refractivity contribution in [1.29, 1.82) is 5.26 Å². The molecule has 2 aromatic carbocycles. The maximum atomic E-state index is 9.01. The Bertz CT molecular complexity index is 587. The van der Waals surface area contributed by atoms with Crippen molar-refractivity contribution in [2.45, 2.75) is 6.92 Å². The second-order valence-electron chi connectivity index (χ2n) is 3.64. The van der Waals surface area contributed by atoms with E-state index in [2.05, 4.69) is 22.0 Å². The summed E-state index contributed by atoms with van der Waals surface area (Å²) in [5.74, 6) is 1.29. The van der Waals surface area contributed by atoms with E-state index in [4.69, 9.17) is 10.00 Å². The van der Waals surface area contributed by atoms with Gasteiger partial charge in [-0.1, -0.05) is 18.2 Å². The molecule has 0 aliphatic rings. The van der Waals surface area contributed by atoms with Crippen molar-refractivity contribution in [3.63, 3.8) is 0 Å². The van der Waals surface area contributed by atoms with Crippen LogP contribution < -0.4 is 4.74 Å². The van der Waals surface area contributed by atoms with Gasteiger partial charge in [-0.3, -0.25) is 0 Å². The third-order valence-corrected chi connectivity index (χ3v) is 2.97. The summed E-state index contributed by atoms with van der Waals surface area (Å²) in [4.78, 5) is 0. The van der Waals surface area contributed by atoms with Crippen LogP contribution >= 0.6 is 15.9 Å². The molecule has 0 radical (unpaired) electrons. The van der Waals surface area contributed by atoms with Crippen LogP contribution in [0.4, 0.5) is 0 Å². The highest BCUT2D eigenvalue weighted by molar-refractivity contribution is 9.10. The SMILES string of the molecule is Cc1ccc(C#N)c(Oc2ccccc2Br)c1. The first-order valence-corrected chi connectivity index (χ1v) is 5.93. The zero-order chi connectivity index (χ0) is 12.3. The Morgan fingerprint density at radius 3 is 2.59 bits per heavy atom. The van der Waals surface area contributed by atoms with Crippen LogP contribution in [0.5, 0.6) is 11.5 Å². The van der Waals surface area contributed by atoms with Gasteiger partial charge in [0, 0.05) is 0 Å². The van der Waals surface area contributed by atoms with Crippen LogP contribution in [-0.4, -0.2) is 0 Å². The smallest absolute Gasteiger partial charge is 0.145 e. The number of benzene rings is 2. The van der Waals surface area contributed by atoms with E-state index >= 15 is 0 Å². The Balaban J connectivity index is 2.40. The molecular formula is C14H10BrNO. The number of aryl methyl sites for hydroxylation is 1. The van der Waals surface area contributed by atoms with E-state index in [1.807, 2.05) is 43.3 Å². The predicted octanol–water partition coefficient (Wildman–Crippen LogP) is 4.42. The summed E-state index contributed by atoms with van der Waals surface area (Å²) in [7, 11) is 0. The Morgan fingerprint density at radius 2 is 1.88 bits per heavy atom. The lowest BCUT2D eigenvalue weighted by Crippen LogP contribution is -1.89. The number of nitriles is 1. The molecule has 0 aromatic heterocycles. The van der Waals surface area contributed by atoms with Gasteiger partial charge in [0.15, 0.2) is 0 Å². The second-order valence-corrected chi connectivity index (χ2v) is 4.50. The van der Waals surface area contributed by atoms with Crippen LogP contribution in [0.15, 0.2) is 46.9 Å². The first kappa shape index (κ1) is 11.7. The summed E-state index contributed by atoms with van der Waals surface area (Å²) < 4.78 is 6.61. The van der Waals surface area contributed by atoms with E-state index in [1.54, 1.807) is 6.07 Å². The summed E-state index contributed by atoms with van der Waals surface area (Å²) in [6.45, 7) is 1.97. The van der Waals surface area contributed by atoms with E-state index in [0.29, 0.717) is 17.1 Å². The van der Waals surface area contributed by atoms with E-state index in [9.17, 15) is 0 Å². The summed E-state index contributed by atoms with van der Waals surface area (Å²) in [5.41, 5.74) is 1.59. The van der Waals surface area contributed by atoms with Crippen molar-refractivity contribution >= 4 is 15.9 Å². The van der Waals surface area contributed by atoms with Gasteiger partial charge < -0.3 is 4.74 Å². The Hall–Kier alpha value is -1.79. The van der Waals surface area contributed by atoms with Gasteiger partial charge in [0.1, 0.15) is 17.6 Å². The molecule has 0 fully saturated rings. The van der Waals surface area contributed by atoms with Crippen molar-refractivity contribution in [2.24, 2.45) is 0 Å². The van der Waals surface area contributed by atoms with Crippen molar-refractivity contribution in [3.05, 3.63) is 58.1 Å². The fourth-order valence-corrected chi connectivity index (χ4v) is 1.82. The van der Waals surface area contributed by atoms with Crippen LogP contribution in [-0.2, 0) is 0 Å². The van der Waals surface area contributed by atoms with Gasteiger partial charge in [0.2, 0.25) is 0 Å². The molecule has 2 aromatic rings. The maximum absolute atomic E-state index is 9.01. The second kappa shape index (κ2) is 5.03. The van der Waals surface area contributed by atoms with E-state index < -0.39 is 0 Å². The van der Waals surface area contributed by atoms with Gasteiger partial charge in [0.25, 0.3) is 0 Å². The molecule has 0 atom stereocenters. The molecule has 0 aliphatic carbocycles. The predicted molar refractivity (Wildman–Crippen MR) is 70.1 cm³/mol. The lowest BCUT2D eigenvalue weighted by molar-refractivity contribution is 0.477. The molecule has 0 unspecified atom stereocenters. The van der Waals surface area contributed by atoms with Crippen molar-refractivity contribution < 1.29 is 4.74 Å². The number of hydrogen-bond donors (Lipinski definition) is 0. The molecule has 0 spiro atoms. The summed E-state index contributed by atoms with van der Waals surface area (Å²) in [5, 5.41) is 9.01. The molecule has 84 valence electrons. The minimum absolute atomic E-state index is 0.534. The monoisotopic (exact) mass is 287 g/mol. The summed E-state index contributed by atoms with van der Waals surface area (Å²) >= 11 is 3.41. The average Bonchev–Trinajstić information content (AvgIpc) is 2.32. The number of ether oxygens (including phenoxy) is 1. The third-order valence-electron chi connectivity index (χ3n) is 2.31. The standard InChI is InChI=1S/C14H10BrNO/c1-10-6-7-11(9-16)14(8-10)17-13-5-3-2-4-12(13)15/h2-8H,1H3. The van der Waals surface area contributed by atoms with Crippen molar-refractivity contribution in [3.8, 4) is 17.6 Å². The third kappa shape index (κ3) is 2.66. The zero-order valence-corrected chi connectivity index (χ0v) is 10.9. The largest absolute Gasteiger partial charge is 0.455 e. The minimum Gasteiger partial charge on any atom is -0.455 e. The topological polar surface area (TPSA) is 33.0 Å². The molecule has 2 rings (SSSR count). The fraction of sp³-hybridized carbons (Fsp3) is 0.0714. The molecule has 0 heterocycles. The maximum Gasteiger partial charge on any atom is 0.145 e. The van der Waals surface area contributed by atoms with Crippen molar-refractivity contribution in [2.75, 3.05) is 0 Å². The number of hydrogen-bond acceptors (Lipinski definition) is 2. The molecule has 0 amide bonds. The van der Waals surface area contributed by atoms with Gasteiger partial charge in [0.05, 0.1) is 10.0 Å². The van der Waals surface area contributed by atoms with E-state index in [1.165, 1.54) is 0 Å². The normalized spacial score (nSPS) is 9.71. The van der Waals surface area contributed by atoms with Crippen LogP contribution in [0, 0.1) is 18.3 Å². The molecule has 0 aliphatic heterocycles. The Labute approximate surface area is 109 Å². The Morgan fingerprint density at radius 1 is 1.12 bits per heavy atom. The van der Waals surface area contributed by atoms with Gasteiger partial charge in [-0.05, 0) is 52.7 Å². The number of halogens is 1. The molecule has 2 nitrogen and oxygen atoms in total. The van der Waals surface area contributed by atoms with Crippen LogP contribution in [0.1, 0.15) is 11.1 Å². The van der Waals surface area contributed by atoms with Gasteiger partial charge in [-0.15, -0.1) is 0 Å². The highest BCUT2D eigenvalue weighted by Crippen LogP contribution is 2.31. The van der Waals surface area contributed by atoms with Crippen LogP contribution in [0.2, 0.25) is 0 Å². The zero-order valence-electron chi connectivity index (χ0n) is 9.27. The van der Waals surface area contributed by atoms with Gasteiger partial charge in [-0.2, -0.15) is 5.26 Å². The van der Waals surface area contributed by atoms with Crippen LogP contribution in [0.3, 0.4) is 0 Å². The number of para-hydroxylation sites is 1. The number of nitrogens with zero attached hydrogens (tertiary/aromatic N) is 1. The molecule has 3 heteroatoms. The number of rotatable bonds is 2. The average molecular weight is 288 g/mol. The lowest BCUT2D eigenvalue weighted by atomic mass is 10.1. The minimum atomic E-state index is 0.534. The molecule has 17 heavy (non-hydrogen) atoms. The summed E-state index contributed by atoms with van der Waals surface area (Å²) in [6.07, 6.45) is 0. The Kier molecular flexibility index (Phi) is 3.46. The van der Waals surface area contributed by atoms with E-state index in [-0.39, 0.29) is 0 Å². The molecule has 0 saturated carbocycles. The quantitative estimate of drug-likeness (QED) is 0.819. The lowest BCUT2D eigenvalue weighted by Gasteiger charge is -2.09. The highest BCUT2D eigenvalue weighted by Gasteiger charge is 2.06. The van der Waals surface area contributed by atoms with Crippen LogP contribution in [0.25, 0.3) is 0 Å². The fourth-order valence-electron chi connectivity index (χ4n) is 1.45. The van der Waals surface area contributed by atoms with Gasteiger partial charge in [-0.25, -0.2) is 0 Å². The molecule has 0 saturated heterocycles. The highest BCUT2D eigenvalue weighted by atomic mass is 79.9. The first-order chi connectivity index (χ1) is 8.20. The van der Waals surface area contributed by atoms with Crippen molar-refractivity contribution in [1.82, 2.24) is 0 Å². The molecule has 0 bridgehead atoms.